The van der Waals surface area contributed by atoms with Crippen LogP contribution in [0.25, 0.3) is 39.1 Å². The number of aromatic nitrogens is 2. The Morgan fingerprint density at radius 1 is 0.488 bits per heavy atom. The van der Waals surface area contributed by atoms with Crippen LogP contribution in [0.1, 0.15) is 62.9 Å². The Bertz CT molecular complexity index is 1710. The lowest BCUT2D eigenvalue weighted by atomic mass is 9.88. The smallest absolute Gasteiger partial charge is 0.0708 e. The lowest BCUT2D eigenvalue weighted by Gasteiger charge is -2.16. The Kier molecular flexibility index (Phi) is 11.0. The van der Waals surface area contributed by atoms with Gasteiger partial charge in [0, 0.05) is 18.0 Å². The molecule has 0 fully saturated rings. The SMILES string of the molecule is CC.CC1=CC(C)=C(c2ccccn2)CC1.Cc1ccc(-c2ccccc2-c2cc(C)ccc2-c2ccccn2)c(C)c1. The molecule has 0 radical (unpaired) electrons. The van der Waals surface area contributed by atoms with E-state index in [9.17, 15) is 0 Å². The molecule has 2 heterocycles. The summed E-state index contributed by atoms with van der Waals surface area (Å²) in [5, 5.41) is 0. The summed E-state index contributed by atoms with van der Waals surface area (Å²) in [6.07, 6.45) is 8.29. The van der Waals surface area contributed by atoms with Crippen LogP contribution in [0.2, 0.25) is 0 Å². The van der Waals surface area contributed by atoms with Crippen molar-refractivity contribution < 1.29 is 0 Å². The molecule has 3 aromatic carbocycles. The van der Waals surface area contributed by atoms with Gasteiger partial charge in [0.05, 0.1) is 11.4 Å². The second kappa shape index (κ2) is 15.1. The van der Waals surface area contributed by atoms with E-state index >= 15 is 0 Å². The van der Waals surface area contributed by atoms with Crippen molar-refractivity contribution in [3.05, 3.63) is 149 Å². The van der Waals surface area contributed by atoms with Crippen LogP contribution < -0.4 is 0 Å². The van der Waals surface area contributed by atoms with Crippen molar-refractivity contribution in [1.29, 1.82) is 0 Å². The molecular weight excluding hydrogens is 520 g/mol. The van der Waals surface area contributed by atoms with Gasteiger partial charge < -0.3 is 0 Å². The Balaban J connectivity index is 0.000000222. The molecule has 6 rings (SSSR count). The lowest BCUT2D eigenvalue weighted by Crippen LogP contribution is -1.97. The second-order valence-electron chi connectivity index (χ2n) is 11.0. The molecule has 0 atom stereocenters. The topological polar surface area (TPSA) is 25.8 Å². The fourth-order valence-electron chi connectivity index (χ4n) is 5.61. The Hall–Kier alpha value is -4.56. The summed E-state index contributed by atoms with van der Waals surface area (Å²) < 4.78 is 0. The van der Waals surface area contributed by atoms with Gasteiger partial charge >= 0.3 is 0 Å². The van der Waals surface area contributed by atoms with Crippen LogP contribution in [0.4, 0.5) is 0 Å². The van der Waals surface area contributed by atoms with E-state index in [-0.39, 0.29) is 0 Å². The molecule has 2 heteroatoms. The minimum Gasteiger partial charge on any atom is -0.257 e. The molecule has 0 unspecified atom stereocenters. The summed E-state index contributed by atoms with van der Waals surface area (Å²) in [5.41, 5.74) is 16.4. The van der Waals surface area contributed by atoms with E-state index in [0.29, 0.717) is 0 Å². The Morgan fingerprint density at radius 3 is 1.63 bits per heavy atom. The van der Waals surface area contributed by atoms with Crippen LogP contribution in [0.15, 0.2) is 127 Å². The highest BCUT2D eigenvalue weighted by molar-refractivity contribution is 5.91. The van der Waals surface area contributed by atoms with Gasteiger partial charge in [-0.15, -0.1) is 0 Å². The summed E-state index contributed by atoms with van der Waals surface area (Å²) in [4.78, 5) is 8.99. The fourth-order valence-corrected chi connectivity index (χ4v) is 5.61. The number of benzene rings is 3. The number of nitrogens with zero attached hydrogens (tertiary/aromatic N) is 2. The van der Waals surface area contributed by atoms with Crippen LogP contribution in [-0.2, 0) is 0 Å². The maximum atomic E-state index is 4.60. The normalized spacial score (nSPS) is 12.4. The van der Waals surface area contributed by atoms with E-state index in [2.05, 4.69) is 123 Å². The summed E-state index contributed by atoms with van der Waals surface area (Å²) in [6, 6.07) is 34.2. The zero-order valence-electron chi connectivity index (χ0n) is 26.8. The standard InChI is InChI=1S/C26H23N.C13H15N.C2H6/c1-18-11-13-21(20(3)16-18)22-8-4-5-9-23(22)25-17-19(2)12-14-24(25)26-10-6-7-15-27-26;1-10-6-7-12(11(2)9-10)13-5-3-4-8-14-13;1-2/h4-17H,1-3H3;3-5,8-9H,6-7H2,1-2H3;1-2H3. The van der Waals surface area contributed by atoms with Crippen molar-refractivity contribution in [1.82, 2.24) is 9.97 Å². The maximum absolute atomic E-state index is 4.60. The van der Waals surface area contributed by atoms with Crippen molar-refractivity contribution >= 4 is 5.57 Å². The first kappa shape index (κ1) is 31.4. The van der Waals surface area contributed by atoms with Crippen molar-refractivity contribution in [2.45, 2.75) is 61.3 Å². The summed E-state index contributed by atoms with van der Waals surface area (Å²) in [7, 11) is 0. The van der Waals surface area contributed by atoms with E-state index < -0.39 is 0 Å². The van der Waals surface area contributed by atoms with E-state index in [1.165, 1.54) is 67.6 Å². The number of rotatable bonds is 4. The molecular formula is C41H44N2. The minimum atomic E-state index is 1.00. The van der Waals surface area contributed by atoms with E-state index in [1.807, 2.05) is 50.5 Å². The van der Waals surface area contributed by atoms with Crippen LogP contribution >= 0.6 is 0 Å². The molecule has 0 N–H and O–H groups in total. The number of hydrogen-bond acceptors (Lipinski definition) is 2. The van der Waals surface area contributed by atoms with Crippen molar-refractivity contribution in [3.63, 3.8) is 0 Å². The second-order valence-corrected chi connectivity index (χ2v) is 11.0. The van der Waals surface area contributed by atoms with Gasteiger partial charge in [-0.3, -0.25) is 9.97 Å². The Morgan fingerprint density at radius 2 is 1.05 bits per heavy atom. The zero-order valence-corrected chi connectivity index (χ0v) is 26.8. The third-order valence-corrected chi connectivity index (χ3v) is 7.69. The monoisotopic (exact) mass is 564 g/mol. The van der Waals surface area contributed by atoms with Gasteiger partial charge in [0.2, 0.25) is 0 Å². The van der Waals surface area contributed by atoms with Gasteiger partial charge in [0.25, 0.3) is 0 Å². The first-order valence-corrected chi connectivity index (χ1v) is 15.4. The third-order valence-electron chi connectivity index (χ3n) is 7.69. The molecule has 0 aliphatic heterocycles. The highest BCUT2D eigenvalue weighted by atomic mass is 14.7. The average Bonchev–Trinajstić information content (AvgIpc) is 3.03. The van der Waals surface area contributed by atoms with Crippen molar-refractivity contribution in [2.24, 2.45) is 0 Å². The highest BCUT2D eigenvalue weighted by Crippen LogP contribution is 2.39. The molecule has 218 valence electrons. The van der Waals surface area contributed by atoms with Gasteiger partial charge in [-0.05, 0) is 111 Å². The molecule has 5 aromatic rings. The van der Waals surface area contributed by atoms with Gasteiger partial charge in [0.15, 0.2) is 0 Å². The average molecular weight is 565 g/mol. The molecule has 1 aliphatic carbocycles. The molecule has 2 aromatic heterocycles. The zero-order chi connectivity index (χ0) is 30.8. The summed E-state index contributed by atoms with van der Waals surface area (Å²) >= 11 is 0. The molecule has 1 aliphatic rings. The quantitative estimate of drug-likeness (QED) is 0.217. The lowest BCUT2D eigenvalue weighted by molar-refractivity contribution is 0.954. The number of allylic oxidation sites excluding steroid dienone is 4. The third kappa shape index (κ3) is 7.84. The van der Waals surface area contributed by atoms with E-state index in [4.69, 9.17) is 0 Å². The van der Waals surface area contributed by atoms with Gasteiger partial charge in [-0.1, -0.05) is 109 Å². The van der Waals surface area contributed by atoms with Gasteiger partial charge in [0.1, 0.15) is 0 Å². The molecule has 0 spiro atoms. The van der Waals surface area contributed by atoms with Crippen molar-refractivity contribution in [2.75, 3.05) is 0 Å². The molecule has 2 nitrogen and oxygen atoms in total. The maximum Gasteiger partial charge on any atom is 0.0708 e. The molecule has 0 bridgehead atoms. The van der Waals surface area contributed by atoms with Crippen LogP contribution in [0.5, 0.6) is 0 Å². The summed E-state index contributed by atoms with van der Waals surface area (Å²) in [6.45, 7) is 14.8. The van der Waals surface area contributed by atoms with E-state index in [0.717, 1.165) is 17.8 Å². The number of hydrogen-bond donors (Lipinski definition) is 0. The van der Waals surface area contributed by atoms with Crippen LogP contribution in [0.3, 0.4) is 0 Å². The molecule has 0 saturated heterocycles. The molecule has 0 amide bonds. The predicted molar refractivity (Wildman–Crippen MR) is 186 cm³/mol. The van der Waals surface area contributed by atoms with E-state index in [1.54, 1.807) is 0 Å². The highest BCUT2D eigenvalue weighted by Gasteiger charge is 2.14. The van der Waals surface area contributed by atoms with Gasteiger partial charge in [-0.25, -0.2) is 0 Å². The first-order chi connectivity index (χ1) is 20.9. The Labute approximate surface area is 258 Å². The predicted octanol–water partition coefficient (Wildman–Crippen LogP) is 11.6. The van der Waals surface area contributed by atoms with Gasteiger partial charge in [-0.2, -0.15) is 0 Å². The van der Waals surface area contributed by atoms with Crippen LogP contribution in [0, 0.1) is 20.8 Å². The fraction of sp³-hybridized carbons (Fsp3) is 0.220. The van der Waals surface area contributed by atoms with Crippen molar-refractivity contribution in [3.8, 4) is 33.5 Å². The van der Waals surface area contributed by atoms with Crippen LogP contribution in [-0.4, -0.2) is 9.97 Å². The number of aryl methyl sites for hydroxylation is 3. The summed E-state index contributed by atoms with van der Waals surface area (Å²) in [5.74, 6) is 0. The largest absolute Gasteiger partial charge is 0.257 e. The first-order valence-electron chi connectivity index (χ1n) is 15.4. The molecule has 0 saturated carbocycles. The number of pyridine rings is 2. The molecule has 43 heavy (non-hydrogen) atoms. The minimum absolute atomic E-state index is 1.00.